The third-order valence-corrected chi connectivity index (χ3v) is 8.40. The molecule has 4 rings (SSSR count). The number of Topliss-reactive ketones (excluding diaryl/α,β-unsaturated/α-hetero) is 1. The van der Waals surface area contributed by atoms with E-state index in [1.165, 1.54) is 61.2 Å². The van der Waals surface area contributed by atoms with E-state index in [1.54, 1.807) is 12.3 Å². The maximum absolute atomic E-state index is 12.8. The zero-order chi connectivity index (χ0) is 29.0. The maximum Gasteiger partial charge on any atom is 0.294 e. The van der Waals surface area contributed by atoms with E-state index < -0.39 is 17.6 Å². The van der Waals surface area contributed by atoms with Gasteiger partial charge >= 0.3 is 0 Å². The number of ketones is 1. The van der Waals surface area contributed by atoms with E-state index in [9.17, 15) is 14.4 Å². The average Bonchev–Trinajstić information content (AvgIpc) is 2.95. The summed E-state index contributed by atoms with van der Waals surface area (Å²) in [5.41, 5.74) is 12.8. The second kappa shape index (κ2) is 12.2. The molecule has 11 nitrogen and oxygen atoms in total. The summed E-state index contributed by atoms with van der Waals surface area (Å²) in [7, 11) is 2.99. The predicted octanol–water partition coefficient (Wildman–Crippen LogP) is 3.35. The Kier molecular flexibility index (Phi) is 8.92. The van der Waals surface area contributed by atoms with Crippen LogP contribution in [0, 0.1) is 5.41 Å². The van der Waals surface area contributed by atoms with E-state index >= 15 is 0 Å². The summed E-state index contributed by atoms with van der Waals surface area (Å²) < 4.78 is 0. The van der Waals surface area contributed by atoms with Crippen molar-refractivity contribution in [2.24, 2.45) is 11.1 Å². The molecule has 0 radical (unpaired) electrons. The van der Waals surface area contributed by atoms with Crippen LogP contribution in [-0.2, 0) is 4.79 Å². The molecule has 3 heterocycles. The summed E-state index contributed by atoms with van der Waals surface area (Å²) in [6.45, 7) is 4.53. The van der Waals surface area contributed by atoms with Crippen molar-refractivity contribution in [3.8, 4) is 0 Å². The van der Waals surface area contributed by atoms with Crippen LogP contribution in [-0.4, -0.2) is 71.2 Å². The van der Waals surface area contributed by atoms with Gasteiger partial charge in [-0.15, -0.1) is 0 Å². The van der Waals surface area contributed by atoms with Crippen LogP contribution < -0.4 is 21.7 Å². The molecule has 1 aliphatic heterocycles. The lowest BCUT2D eigenvalue weighted by Crippen LogP contribution is -2.42. The van der Waals surface area contributed by atoms with Crippen LogP contribution in [0.4, 0.5) is 17.5 Å². The molecule has 210 valence electrons. The van der Waals surface area contributed by atoms with E-state index in [-0.39, 0.29) is 33.2 Å². The van der Waals surface area contributed by atoms with Gasteiger partial charge in [0.25, 0.3) is 11.8 Å². The fourth-order valence-electron chi connectivity index (χ4n) is 4.07. The van der Waals surface area contributed by atoms with Crippen LogP contribution in [0.5, 0.6) is 0 Å². The molecule has 2 aromatic heterocycles. The van der Waals surface area contributed by atoms with Crippen molar-refractivity contribution < 1.29 is 14.4 Å². The Morgan fingerprint density at radius 1 is 1.10 bits per heavy atom. The lowest BCUT2D eigenvalue weighted by Gasteiger charge is -2.39. The first-order valence-electron chi connectivity index (χ1n) is 12.6. The molecule has 40 heavy (non-hydrogen) atoms. The third-order valence-electron chi connectivity index (χ3n) is 6.84. The third kappa shape index (κ3) is 6.52. The molecule has 3 aromatic rings. The smallest absolute Gasteiger partial charge is 0.294 e. The van der Waals surface area contributed by atoms with Crippen molar-refractivity contribution >= 4 is 58.4 Å². The number of benzene rings is 1. The van der Waals surface area contributed by atoms with E-state index in [0.29, 0.717) is 22.3 Å². The van der Waals surface area contributed by atoms with Crippen LogP contribution in [0.25, 0.3) is 0 Å². The zero-order valence-corrected chi connectivity index (χ0v) is 24.1. The van der Waals surface area contributed by atoms with E-state index in [1.807, 2.05) is 0 Å². The minimum absolute atomic E-state index is 0.144. The van der Waals surface area contributed by atoms with Crippen LogP contribution in [0.3, 0.4) is 0 Å². The molecule has 13 heteroatoms. The topological polar surface area (TPSA) is 160 Å². The van der Waals surface area contributed by atoms with E-state index in [4.69, 9.17) is 23.1 Å². The van der Waals surface area contributed by atoms with Gasteiger partial charge in [-0.3, -0.25) is 14.4 Å². The number of amides is 2. The highest BCUT2D eigenvalue weighted by molar-refractivity contribution is 7.99. The number of carbonyl (C=O) groups excluding carboxylic acids is 3. The quantitative estimate of drug-likeness (QED) is 0.265. The van der Waals surface area contributed by atoms with E-state index in [0.717, 1.165) is 25.9 Å². The van der Waals surface area contributed by atoms with Gasteiger partial charge in [0.1, 0.15) is 10.8 Å². The second-order valence-electron chi connectivity index (χ2n) is 10.1. The Bertz CT molecular complexity index is 1430. The van der Waals surface area contributed by atoms with Crippen LogP contribution >= 0.6 is 23.4 Å². The normalized spacial score (nSPS) is 14.5. The van der Waals surface area contributed by atoms with E-state index in [2.05, 4.69) is 32.1 Å². The van der Waals surface area contributed by atoms with Gasteiger partial charge < -0.3 is 26.6 Å². The number of nitrogens with two attached hydrogens (primary N) is 2. The van der Waals surface area contributed by atoms with Crippen molar-refractivity contribution in [3.05, 3.63) is 58.9 Å². The number of hydrogen-bond acceptors (Lipinski definition) is 10. The summed E-state index contributed by atoms with van der Waals surface area (Å²) in [5, 5.41) is 3.37. The van der Waals surface area contributed by atoms with Crippen molar-refractivity contribution in [1.82, 2.24) is 19.9 Å². The van der Waals surface area contributed by atoms with Crippen molar-refractivity contribution in [1.29, 1.82) is 0 Å². The molecule has 5 N–H and O–H groups in total. The van der Waals surface area contributed by atoms with Gasteiger partial charge in [-0.25, -0.2) is 15.0 Å². The Hall–Kier alpha value is -3.74. The molecule has 2 amide bonds. The Morgan fingerprint density at radius 2 is 1.75 bits per heavy atom. The number of pyridine rings is 1. The lowest BCUT2D eigenvalue weighted by molar-refractivity contribution is -0.124. The number of aromatic nitrogens is 3. The summed E-state index contributed by atoms with van der Waals surface area (Å²) >= 11 is 7.79. The first-order chi connectivity index (χ1) is 19.0. The highest BCUT2D eigenvalue weighted by Crippen LogP contribution is 2.38. The SMILES string of the molecule is CN(C)C(=O)C(=O)c1ccc(C(=O)Nc2nccc(Sc3ncc(N4CCC(C)(CN)CC4)nc3N)c2Cl)cc1. The van der Waals surface area contributed by atoms with Crippen molar-refractivity contribution in [3.63, 3.8) is 0 Å². The van der Waals surface area contributed by atoms with Crippen LogP contribution in [0.15, 0.2) is 52.6 Å². The zero-order valence-electron chi connectivity index (χ0n) is 22.5. The Morgan fingerprint density at radius 3 is 2.35 bits per heavy atom. The maximum atomic E-state index is 12.8. The number of carbonyl (C=O) groups is 3. The molecule has 1 fully saturated rings. The number of piperidine rings is 1. The highest BCUT2D eigenvalue weighted by Gasteiger charge is 2.29. The minimum Gasteiger partial charge on any atom is -0.381 e. The molecule has 0 spiro atoms. The summed E-state index contributed by atoms with van der Waals surface area (Å²) in [5.74, 6) is -0.648. The number of nitrogen functional groups attached to an aromatic ring is 1. The van der Waals surface area contributed by atoms with Gasteiger partial charge in [-0.1, -0.05) is 42.4 Å². The van der Waals surface area contributed by atoms with Crippen LogP contribution in [0.2, 0.25) is 5.02 Å². The predicted molar refractivity (Wildman–Crippen MR) is 156 cm³/mol. The number of nitrogens with zero attached hydrogens (tertiary/aromatic N) is 5. The lowest BCUT2D eigenvalue weighted by atomic mass is 9.80. The Labute approximate surface area is 241 Å². The second-order valence-corrected chi connectivity index (χ2v) is 11.5. The molecule has 1 saturated heterocycles. The fourth-order valence-corrected chi connectivity index (χ4v) is 5.12. The van der Waals surface area contributed by atoms with Crippen molar-refractivity contribution in [2.45, 2.75) is 29.7 Å². The molecular formula is C27H31ClN8O3S. The number of anilines is 3. The molecular weight excluding hydrogens is 552 g/mol. The molecule has 0 atom stereocenters. The van der Waals surface area contributed by atoms with Gasteiger partial charge in [0.2, 0.25) is 5.78 Å². The first kappa shape index (κ1) is 29.2. The summed E-state index contributed by atoms with van der Waals surface area (Å²) in [6, 6.07) is 7.44. The molecule has 0 bridgehead atoms. The summed E-state index contributed by atoms with van der Waals surface area (Å²) in [4.78, 5) is 54.1. The standard InChI is InChI=1S/C27H31ClN8O3S/c1-27(15-29)9-12-36(13-10-27)19-14-32-25(22(30)33-19)40-18-8-11-31-23(20(18)28)34-24(38)17-6-4-16(5-7-17)21(37)26(39)35(2)3/h4-8,11,14H,9-10,12-13,15,29H2,1-3H3,(H2,30,33)(H,31,34,38). The number of hydrogen-bond donors (Lipinski definition) is 3. The fraction of sp³-hybridized carbons (Fsp3) is 0.333. The van der Waals surface area contributed by atoms with Gasteiger partial charge in [-0.2, -0.15) is 0 Å². The van der Waals surface area contributed by atoms with Gasteiger partial charge in [0, 0.05) is 49.4 Å². The number of nitrogens with one attached hydrogen (secondary N) is 1. The Balaban J connectivity index is 1.43. The number of likely N-dealkylation sites (N-methyl/N-ethyl adjacent to an activating group) is 1. The van der Waals surface area contributed by atoms with Gasteiger partial charge in [0.15, 0.2) is 11.6 Å². The largest absolute Gasteiger partial charge is 0.381 e. The number of rotatable bonds is 8. The first-order valence-corrected chi connectivity index (χ1v) is 13.8. The summed E-state index contributed by atoms with van der Waals surface area (Å²) in [6.07, 6.45) is 5.16. The number of halogens is 1. The average molecular weight is 583 g/mol. The minimum atomic E-state index is -0.660. The molecule has 0 unspecified atom stereocenters. The highest BCUT2D eigenvalue weighted by atomic mass is 35.5. The molecule has 0 saturated carbocycles. The van der Waals surface area contributed by atoms with Crippen LogP contribution in [0.1, 0.15) is 40.5 Å². The monoisotopic (exact) mass is 582 g/mol. The van der Waals surface area contributed by atoms with Gasteiger partial charge in [-0.05, 0) is 43.0 Å². The molecule has 1 aliphatic rings. The molecule has 1 aromatic carbocycles. The van der Waals surface area contributed by atoms with Crippen molar-refractivity contribution in [2.75, 3.05) is 49.7 Å². The molecule has 0 aliphatic carbocycles. The van der Waals surface area contributed by atoms with Gasteiger partial charge in [0.05, 0.1) is 11.2 Å².